The average molecular weight is 300 g/mol. The molecule has 1 aliphatic rings. The number of carbonyl (C=O) groups excluding carboxylic acids is 1. The van der Waals surface area contributed by atoms with Crippen LogP contribution in [0.2, 0.25) is 0 Å². The van der Waals surface area contributed by atoms with Gasteiger partial charge in [-0.2, -0.15) is 0 Å². The Morgan fingerprint density at radius 1 is 1.41 bits per heavy atom. The molecule has 118 valence electrons. The lowest BCUT2D eigenvalue weighted by molar-refractivity contribution is -0.128. The van der Waals surface area contributed by atoms with E-state index in [1.165, 1.54) is 11.1 Å². The van der Waals surface area contributed by atoms with Gasteiger partial charge in [0.15, 0.2) is 5.96 Å². The largest absolute Gasteiger partial charge is 0.353 e. The summed E-state index contributed by atoms with van der Waals surface area (Å²) < 4.78 is 0. The number of hydrogen-bond donors (Lipinski definition) is 2. The molecule has 0 bridgehead atoms. The predicted molar refractivity (Wildman–Crippen MR) is 89.5 cm³/mol. The van der Waals surface area contributed by atoms with Gasteiger partial charge in [-0.05, 0) is 17.5 Å². The minimum Gasteiger partial charge on any atom is -0.353 e. The van der Waals surface area contributed by atoms with Crippen LogP contribution in [0.1, 0.15) is 24.0 Å². The number of nitrogens with one attached hydrogen (secondary N) is 2. The average Bonchev–Trinajstić information content (AvgIpc) is 2.93. The van der Waals surface area contributed by atoms with E-state index < -0.39 is 0 Å². The van der Waals surface area contributed by atoms with Crippen LogP contribution in [-0.2, 0) is 17.9 Å². The van der Waals surface area contributed by atoms with Crippen LogP contribution in [0.5, 0.6) is 0 Å². The van der Waals surface area contributed by atoms with Crippen LogP contribution in [0.25, 0.3) is 0 Å². The van der Waals surface area contributed by atoms with Crippen LogP contribution in [0.15, 0.2) is 41.9 Å². The second-order valence-corrected chi connectivity index (χ2v) is 5.33. The third-order valence-electron chi connectivity index (χ3n) is 3.63. The number of likely N-dealkylation sites (tertiary alicyclic amines) is 1. The lowest BCUT2D eigenvalue weighted by atomic mass is 10.1. The molecule has 5 heteroatoms. The van der Waals surface area contributed by atoms with Gasteiger partial charge in [0, 0.05) is 39.6 Å². The third-order valence-corrected chi connectivity index (χ3v) is 3.63. The molecule has 0 spiro atoms. The molecular formula is C17H24N4O. The molecule has 0 atom stereocenters. The second kappa shape index (κ2) is 8.22. The van der Waals surface area contributed by atoms with Crippen molar-refractivity contribution in [3.8, 4) is 0 Å². The summed E-state index contributed by atoms with van der Waals surface area (Å²) in [4.78, 5) is 17.8. The molecule has 1 fully saturated rings. The number of nitrogens with zero attached hydrogens (tertiary/aromatic N) is 2. The molecule has 0 aromatic heterocycles. The van der Waals surface area contributed by atoms with E-state index in [9.17, 15) is 4.79 Å². The smallest absolute Gasteiger partial charge is 0.222 e. The van der Waals surface area contributed by atoms with Gasteiger partial charge < -0.3 is 15.5 Å². The Kier molecular flexibility index (Phi) is 6.01. The summed E-state index contributed by atoms with van der Waals surface area (Å²) in [5.41, 5.74) is 2.34. The van der Waals surface area contributed by atoms with Crippen molar-refractivity contribution in [1.29, 1.82) is 0 Å². The summed E-state index contributed by atoms with van der Waals surface area (Å²) in [6.45, 7) is 6.62. The van der Waals surface area contributed by atoms with Gasteiger partial charge in [0.25, 0.3) is 0 Å². The van der Waals surface area contributed by atoms with Gasteiger partial charge in [0.05, 0.1) is 0 Å². The molecule has 1 aromatic rings. The first-order chi connectivity index (χ1) is 10.7. The van der Waals surface area contributed by atoms with Gasteiger partial charge in [-0.15, -0.1) is 6.58 Å². The number of aliphatic imine (C=N–C) groups is 1. The third kappa shape index (κ3) is 4.62. The quantitative estimate of drug-likeness (QED) is 0.477. The van der Waals surface area contributed by atoms with E-state index >= 15 is 0 Å². The first-order valence-electron chi connectivity index (χ1n) is 7.64. The van der Waals surface area contributed by atoms with Crippen LogP contribution in [0.4, 0.5) is 0 Å². The van der Waals surface area contributed by atoms with Gasteiger partial charge in [-0.1, -0.05) is 30.3 Å². The lowest BCUT2D eigenvalue weighted by Crippen LogP contribution is -2.36. The summed E-state index contributed by atoms with van der Waals surface area (Å²) in [5, 5.41) is 6.40. The first kappa shape index (κ1) is 16.1. The van der Waals surface area contributed by atoms with E-state index in [1.807, 2.05) is 11.0 Å². The summed E-state index contributed by atoms with van der Waals surface area (Å²) in [7, 11) is 1.74. The number of hydrogen-bond acceptors (Lipinski definition) is 2. The lowest BCUT2D eigenvalue weighted by Gasteiger charge is -2.16. The molecule has 0 unspecified atom stereocenters. The molecule has 0 radical (unpaired) electrons. The van der Waals surface area contributed by atoms with E-state index in [4.69, 9.17) is 0 Å². The van der Waals surface area contributed by atoms with Crippen molar-refractivity contribution in [1.82, 2.24) is 15.5 Å². The van der Waals surface area contributed by atoms with Crippen molar-refractivity contribution >= 4 is 11.9 Å². The van der Waals surface area contributed by atoms with E-state index in [1.54, 1.807) is 13.1 Å². The standard InChI is InChI=1S/C17H24N4O/c1-3-9-19-17(18-2)20-12-14-6-4-7-15(11-14)13-21-10-5-8-16(21)22/h3-4,6-7,11H,1,5,8-10,12-13H2,2H3,(H2,18,19,20). The highest BCUT2D eigenvalue weighted by Gasteiger charge is 2.19. The van der Waals surface area contributed by atoms with E-state index in [-0.39, 0.29) is 5.91 Å². The zero-order valence-corrected chi connectivity index (χ0v) is 13.1. The van der Waals surface area contributed by atoms with Crippen LogP contribution in [0.3, 0.4) is 0 Å². The van der Waals surface area contributed by atoms with Gasteiger partial charge in [-0.25, -0.2) is 0 Å². The number of guanidine groups is 1. The molecule has 1 aliphatic heterocycles. The fraction of sp³-hybridized carbons (Fsp3) is 0.412. The zero-order valence-electron chi connectivity index (χ0n) is 13.1. The molecule has 22 heavy (non-hydrogen) atoms. The minimum absolute atomic E-state index is 0.262. The summed E-state index contributed by atoms with van der Waals surface area (Å²) in [6.07, 6.45) is 3.46. The summed E-state index contributed by atoms with van der Waals surface area (Å²) >= 11 is 0. The maximum atomic E-state index is 11.7. The van der Waals surface area contributed by atoms with Crippen molar-refractivity contribution in [3.05, 3.63) is 48.0 Å². The fourth-order valence-electron chi connectivity index (χ4n) is 2.50. The van der Waals surface area contributed by atoms with Gasteiger partial charge >= 0.3 is 0 Å². The maximum Gasteiger partial charge on any atom is 0.222 e. The Balaban J connectivity index is 1.90. The molecule has 5 nitrogen and oxygen atoms in total. The molecule has 1 saturated heterocycles. The molecule has 0 aliphatic carbocycles. The van der Waals surface area contributed by atoms with E-state index in [0.29, 0.717) is 26.1 Å². The predicted octanol–water partition coefficient (Wildman–Crippen LogP) is 1.66. The highest BCUT2D eigenvalue weighted by atomic mass is 16.2. The number of benzene rings is 1. The molecule has 1 aromatic carbocycles. The Labute approximate surface area is 132 Å². The van der Waals surface area contributed by atoms with Crippen molar-refractivity contribution in [2.45, 2.75) is 25.9 Å². The van der Waals surface area contributed by atoms with Gasteiger partial charge in [-0.3, -0.25) is 9.79 Å². The molecule has 2 rings (SSSR count). The first-order valence-corrected chi connectivity index (χ1v) is 7.64. The highest BCUT2D eigenvalue weighted by molar-refractivity contribution is 5.79. The maximum absolute atomic E-state index is 11.7. The normalized spacial score (nSPS) is 15.0. The topological polar surface area (TPSA) is 56.7 Å². The Hall–Kier alpha value is -2.30. The molecular weight excluding hydrogens is 276 g/mol. The Bertz CT molecular complexity index is 553. The summed E-state index contributed by atoms with van der Waals surface area (Å²) in [5.74, 6) is 1.01. The highest BCUT2D eigenvalue weighted by Crippen LogP contribution is 2.15. The van der Waals surface area contributed by atoms with Crippen molar-refractivity contribution < 1.29 is 4.79 Å². The van der Waals surface area contributed by atoms with Crippen LogP contribution in [-0.4, -0.2) is 36.9 Å². The van der Waals surface area contributed by atoms with Crippen LogP contribution >= 0.6 is 0 Å². The number of carbonyl (C=O) groups is 1. The Morgan fingerprint density at radius 3 is 2.91 bits per heavy atom. The fourth-order valence-corrected chi connectivity index (χ4v) is 2.50. The van der Waals surface area contributed by atoms with E-state index in [2.05, 4.69) is 40.4 Å². The Morgan fingerprint density at radius 2 is 2.23 bits per heavy atom. The van der Waals surface area contributed by atoms with Crippen molar-refractivity contribution in [3.63, 3.8) is 0 Å². The van der Waals surface area contributed by atoms with Gasteiger partial charge in [0.1, 0.15) is 0 Å². The van der Waals surface area contributed by atoms with Crippen LogP contribution in [0, 0.1) is 0 Å². The summed E-state index contributed by atoms with van der Waals surface area (Å²) in [6, 6.07) is 8.31. The number of rotatable bonds is 6. The van der Waals surface area contributed by atoms with Crippen molar-refractivity contribution in [2.24, 2.45) is 4.99 Å². The second-order valence-electron chi connectivity index (χ2n) is 5.33. The number of amides is 1. The van der Waals surface area contributed by atoms with Crippen molar-refractivity contribution in [2.75, 3.05) is 20.1 Å². The molecule has 0 saturated carbocycles. The monoisotopic (exact) mass is 300 g/mol. The zero-order chi connectivity index (χ0) is 15.8. The molecule has 1 heterocycles. The molecule has 1 amide bonds. The molecule has 2 N–H and O–H groups in total. The SMILES string of the molecule is C=CCNC(=NC)NCc1cccc(CN2CCCC2=O)c1. The van der Waals surface area contributed by atoms with E-state index in [0.717, 1.165) is 18.9 Å². The minimum atomic E-state index is 0.262. The van der Waals surface area contributed by atoms with Crippen LogP contribution < -0.4 is 10.6 Å². The van der Waals surface area contributed by atoms with Gasteiger partial charge in [0.2, 0.25) is 5.91 Å².